The number of aromatic nitrogens is 1. The predicted octanol–water partition coefficient (Wildman–Crippen LogP) is 4.71. The van der Waals surface area contributed by atoms with Gasteiger partial charge < -0.3 is 25.2 Å². The van der Waals surface area contributed by atoms with Gasteiger partial charge in [-0.15, -0.1) is 11.3 Å². The molecule has 0 radical (unpaired) electrons. The van der Waals surface area contributed by atoms with E-state index in [0.717, 1.165) is 41.1 Å². The Morgan fingerprint density at radius 2 is 1.77 bits per heavy atom. The Morgan fingerprint density at radius 1 is 1.05 bits per heavy atom. The number of likely N-dealkylation sites (tertiary alicyclic amines) is 2. The minimum atomic E-state index is -0.733. The smallest absolute Gasteiger partial charge is 0.246 e. The van der Waals surface area contributed by atoms with Crippen molar-refractivity contribution < 1.29 is 19.1 Å². The van der Waals surface area contributed by atoms with Crippen LogP contribution in [-0.2, 0) is 19.1 Å². The molecule has 3 amide bonds. The van der Waals surface area contributed by atoms with E-state index in [-0.39, 0.29) is 30.2 Å². The van der Waals surface area contributed by atoms with Crippen molar-refractivity contribution in [3.8, 4) is 10.4 Å². The zero-order valence-electron chi connectivity index (χ0n) is 26.5. The van der Waals surface area contributed by atoms with Gasteiger partial charge in [0, 0.05) is 26.1 Å². The summed E-state index contributed by atoms with van der Waals surface area (Å²) in [5, 5.41) is 6.08. The molecule has 2 aliphatic heterocycles. The van der Waals surface area contributed by atoms with Gasteiger partial charge in [0.15, 0.2) is 0 Å². The number of benzene rings is 1. The molecule has 0 spiro atoms. The standard InChI is InChI=1S/C33H49N5O4S/c1-23(25-11-13-26(14-12-25)29-24(2)34-22-43-29)35-31(40)27-10-8-19-38(27)32(41)30(33(3,4)5)36-28(39)15-21-42-20-9-18-37-16-6-7-17-37/h11-14,22-23,27,30H,6-10,15-21H2,1-5H3,(H,35,40)(H,36,39)/t23?,27-,30+/m0/s1. The van der Waals surface area contributed by atoms with Crippen LogP contribution in [0.5, 0.6) is 0 Å². The fraction of sp³-hybridized carbons (Fsp3) is 0.636. The second-order valence-electron chi connectivity index (χ2n) is 12.9. The zero-order chi connectivity index (χ0) is 31.0. The normalized spacial score (nSPS) is 18.9. The average Bonchev–Trinajstić information content (AvgIpc) is 3.75. The third kappa shape index (κ3) is 9.09. The minimum Gasteiger partial charge on any atom is -0.381 e. The molecule has 1 aromatic carbocycles. The molecule has 2 saturated heterocycles. The Bertz CT molecular complexity index is 1220. The van der Waals surface area contributed by atoms with E-state index < -0.39 is 17.5 Å². The van der Waals surface area contributed by atoms with Crippen molar-refractivity contribution >= 4 is 29.1 Å². The molecule has 2 fully saturated rings. The molecular formula is C33H49N5O4S. The number of ether oxygens (including phenoxy) is 1. The lowest BCUT2D eigenvalue weighted by atomic mass is 9.85. The van der Waals surface area contributed by atoms with E-state index in [4.69, 9.17) is 4.74 Å². The number of amides is 3. The summed E-state index contributed by atoms with van der Waals surface area (Å²) in [5.74, 6) is -0.581. The Labute approximate surface area is 260 Å². The highest BCUT2D eigenvalue weighted by molar-refractivity contribution is 7.13. The Balaban J connectivity index is 1.28. The number of carbonyl (C=O) groups excluding carboxylic acids is 3. The van der Waals surface area contributed by atoms with E-state index in [0.29, 0.717) is 26.2 Å². The maximum absolute atomic E-state index is 13.8. The minimum absolute atomic E-state index is 0.165. The number of thiazole rings is 1. The maximum Gasteiger partial charge on any atom is 0.246 e. The molecule has 0 saturated carbocycles. The molecule has 43 heavy (non-hydrogen) atoms. The average molecular weight is 612 g/mol. The van der Waals surface area contributed by atoms with Crippen LogP contribution in [0.15, 0.2) is 29.8 Å². The summed E-state index contributed by atoms with van der Waals surface area (Å²) in [7, 11) is 0. The molecule has 0 aliphatic carbocycles. The first-order valence-electron chi connectivity index (χ1n) is 15.8. The lowest BCUT2D eigenvalue weighted by Crippen LogP contribution is -2.57. The first-order chi connectivity index (χ1) is 20.5. The van der Waals surface area contributed by atoms with Crippen molar-refractivity contribution in [1.29, 1.82) is 0 Å². The summed E-state index contributed by atoms with van der Waals surface area (Å²) >= 11 is 1.61. The summed E-state index contributed by atoms with van der Waals surface area (Å²) in [6.45, 7) is 14.6. The number of rotatable bonds is 13. The lowest BCUT2D eigenvalue weighted by molar-refractivity contribution is -0.144. The summed E-state index contributed by atoms with van der Waals surface area (Å²) in [4.78, 5) is 49.7. The molecule has 3 atom stereocenters. The van der Waals surface area contributed by atoms with Crippen LogP contribution in [0.25, 0.3) is 10.4 Å². The summed E-state index contributed by atoms with van der Waals surface area (Å²) in [6.07, 6.45) is 5.06. The highest BCUT2D eigenvalue weighted by Gasteiger charge is 2.42. The number of carbonyl (C=O) groups is 3. The third-order valence-corrected chi connectivity index (χ3v) is 9.45. The molecule has 9 nitrogen and oxygen atoms in total. The Morgan fingerprint density at radius 3 is 2.42 bits per heavy atom. The van der Waals surface area contributed by atoms with Gasteiger partial charge >= 0.3 is 0 Å². The van der Waals surface area contributed by atoms with E-state index in [2.05, 4.69) is 32.7 Å². The van der Waals surface area contributed by atoms with Crippen molar-refractivity contribution in [2.75, 3.05) is 39.4 Å². The van der Waals surface area contributed by atoms with Crippen LogP contribution >= 0.6 is 11.3 Å². The van der Waals surface area contributed by atoms with E-state index in [1.165, 1.54) is 25.9 Å². The summed E-state index contributed by atoms with van der Waals surface area (Å²) < 4.78 is 5.71. The van der Waals surface area contributed by atoms with Crippen LogP contribution in [0.2, 0.25) is 0 Å². The van der Waals surface area contributed by atoms with E-state index in [1.807, 2.05) is 52.3 Å². The topological polar surface area (TPSA) is 104 Å². The molecular weight excluding hydrogens is 562 g/mol. The van der Waals surface area contributed by atoms with Crippen LogP contribution < -0.4 is 10.6 Å². The van der Waals surface area contributed by atoms with Crippen molar-refractivity contribution in [3.63, 3.8) is 0 Å². The fourth-order valence-corrected chi connectivity index (χ4v) is 6.72. The quantitative estimate of drug-likeness (QED) is 0.318. The highest BCUT2D eigenvalue weighted by Crippen LogP contribution is 2.29. The Kier molecular flexibility index (Phi) is 11.7. The van der Waals surface area contributed by atoms with Crippen LogP contribution in [-0.4, -0.2) is 84.0 Å². The predicted molar refractivity (Wildman–Crippen MR) is 171 cm³/mol. The number of aryl methyl sites for hydroxylation is 1. The second-order valence-corrected chi connectivity index (χ2v) is 13.8. The molecule has 3 heterocycles. The largest absolute Gasteiger partial charge is 0.381 e. The van der Waals surface area contributed by atoms with Gasteiger partial charge in [-0.25, -0.2) is 4.98 Å². The molecule has 1 aromatic heterocycles. The molecule has 10 heteroatoms. The molecule has 2 aliphatic rings. The van der Waals surface area contributed by atoms with Gasteiger partial charge in [-0.05, 0) is 75.6 Å². The molecule has 1 unspecified atom stereocenters. The highest BCUT2D eigenvalue weighted by atomic mass is 32.1. The Hall–Kier alpha value is -2.82. The number of hydrogen-bond donors (Lipinski definition) is 2. The van der Waals surface area contributed by atoms with Crippen molar-refractivity contribution in [2.45, 2.75) is 91.3 Å². The first-order valence-corrected chi connectivity index (χ1v) is 16.6. The summed E-state index contributed by atoms with van der Waals surface area (Å²) in [5.41, 5.74) is 4.44. The van der Waals surface area contributed by atoms with Crippen LogP contribution in [0, 0.1) is 12.3 Å². The molecule has 236 valence electrons. The van der Waals surface area contributed by atoms with Crippen LogP contribution in [0.3, 0.4) is 0 Å². The number of hydrogen-bond acceptors (Lipinski definition) is 7. The third-order valence-electron chi connectivity index (χ3n) is 8.47. The lowest BCUT2D eigenvalue weighted by Gasteiger charge is -2.35. The van der Waals surface area contributed by atoms with Crippen LogP contribution in [0.4, 0.5) is 0 Å². The van der Waals surface area contributed by atoms with Gasteiger partial charge in [0.2, 0.25) is 17.7 Å². The van der Waals surface area contributed by atoms with Gasteiger partial charge in [0.1, 0.15) is 12.1 Å². The SMILES string of the molecule is Cc1ncsc1-c1ccc(C(C)NC(=O)[C@@H]2CCCN2C(=O)[C@@H](NC(=O)CCOCCCN2CCCC2)C(C)(C)C)cc1. The summed E-state index contributed by atoms with van der Waals surface area (Å²) in [6, 6.07) is 6.66. The fourth-order valence-electron chi connectivity index (χ4n) is 5.91. The van der Waals surface area contributed by atoms with Gasteiger partial charge in [-0.3, -0.25) is 14.4 Å². The van der Waals surface area contributed by atoms with Gasteiger partial charge in [-0.2, -0.15) is 0 Å². The van der Waals surface area contributed by atoms with Gasteiger partial charge in [0.05, 0.1) is 28.7 Å². The maximum atomic E-state index is 13.8. The molecule has 4 rings (SSSR count). The van der Waals surface area contributed by atoms with Crippen molar-refractivity contribution in [2.24, 2.45) is 5.41 Å². The van der Waals surface area contributed by atoms with E-state index in [9.17, 15) is 14.4 Å². The van der Waals surface area contributed by atoms with Gasteiger partial charge in [-0.1, -0.05) is 45.0 Å². The second kappa shape index (κ2) is 15.3. The van der Waals surface area contributed by atoms with Crippen molar-refractivity contribution in [1.82, 2.24) is 25.4 Å². The molecule has 2 aromatic rings. The van der Waals surface area contributed by atoms with E-state index >= 15 is 0 Å². The van der Waals surface area contributed by atoms with Crippen LogP contribution in [0.1, 0.15) is 83.5 Å². The molecule has 2 N–H and O–H groups in total. The monoisotopic (exact) mass is 611 g/mol. The number of nitrogens with zero attached hydrogens (tertiary/aromatic N) is 3. The van der Waals surface area contributed by atoms with Gasteiger partial charge in [0.25, 0.3) is 0 Å². The van der Waals surface area contributed by atoms with Crippen molar-refractivity contribution in [3.05, 3.63) is 41.0 Å². The van der Waals surface area contributed by atoms with E-state index in [1.54, 1.807) is 16.2 Å². The zero-order valence-corrected chi connectivity index (χ0v) is 27.3. The molecule has 0 bridgehead atoms. The number of nitrogens with one attached hydrogen (secondary N) is 2. The first kappa shape index (κ1) is 33.1.